The molecule has 1 N–H and O–H groups in total. The Hall–Kier alpha value is -1.88. The summed E-state index contributed by atoms with van der Waals surface area (Å²) in [5, 5.41) is 3.41. The molecule has 2 rings (SSSR count). The van der Waals surface area contributed by atoms with Gasteiger partial charge in [-0.05, 0) is 25.5 Å². The van der Waals surface area contributed by atoms with Crippen LogP contribution in [-0.4, -0.2) is 23.1 Å². The fourth-order valence-electron chi connectivity index (χ4n) is 2.27. The van der Waals surface area contributed by atoms with E-state index in [0.717, 1.165) is 42.9 Å². The first-order valence-corrected chi connectivity index (χ1v) is 7.98. The van der Waals surface area contributed by atoms with E-state index in [2.05, 4.69) is 41.2 Å². The molecular formula is C17H26ClN5. The molecule has 0 atom stereocenters. The zero-order valence-electron chi connectivity index (χ0n) is 14.4. The van der Waals surface area contributed by atoms with Crippen molar-refractivity contribution in [3.8, 4) is 0 Å². The molecule has 126 valence electrons. The molecule has 0 amide bonds. The average molecular weight is 336 g/mol. The second kappa shape index (κ2) is 9.30. The van der Waals surface area contributed by atoms with E-state index in [1.807, 2.05) is 36.7 Å². The Kier molecular flexibility index (Phi) is 7.75. The predicted octanol–water partition coefficient (Wildman–Crippen LogP) is -0.0165. The molecule has 0 aliphatic carbocycles. The highest BCUT2D eigenvalue weighted by Crippen LogP contribution is 2.21. The summed E-state index contributed by atoms with van der Waals surface area (Å²) in [5.41, 5.74) is 1.11. The Balaban J connectivity index is 0.00000264. The number of benzene rings is 1. The van der Waals surface area contributed by atoms with Crippen LogP contribution in [0.2, 0.25) is 0 Å². The molecule has 0 bridgehead atoms. The van der Waals surface area contributed by atoms with Crippen LogP contribution in [0, 0.1) is 6.92 Å². The minimum absolute atomic E-state index is 0. The molecule has 0 spiro atoms. The lowest BCUT2D eigenvalue weighted by molar-refractivity contribution is -0.669. The Morgan fingerprint density at radius 1 is 1.13 bits per heavy atom. The molecule has 1 heterocycles. The zero-order chi connectivity index (χ0) is 15.9. The number of nitrogens with zero attached hydrogens (tertiary/aromatic N) is 4. The Morgan fingerprint density at radius 3 is 2.43 bits per heavy atom. The third-order valence-corrected chi connectivity index (χ3v) is 3.71. The van der Waals surface area contributed by atoms with Gasteiger partial charge in [0.25, 0.3) is 0 Å². The van der Waals surface area contributed by atoms with Crippen LogP contribution >= 0.6 is 0 Å². The van der Waals surface area contributed by atoms with Crippen molar-refractivity contribution in [1.29, 1.82) is 0 Å². The van der Waals surface area contributed by atoms with E-state index in [9.17, 15) is 0 Å². The van der Waals surface area contributed by atoms with Crippen LogP contribution in [0.4, 0.5) is 17.6 Å². The van der Waals surface area contributed by atoms with E-state index < -0.39 is 0 Å². The van der Waals surface area contributed by atoms with E-state index in [0.29, 0.717) is 0 Å². The number of rotatable bonds is 7. The Bertz CT molecular complexity index is 603. The molecule has 0 saturated carbocycles. The maximum absolute atomic E-state index is 4.72. The zero-order valence-corrected chi connectivity index (χ0v) is 15.1. The van der Waals surface area contributed by atoms with Gasteiger partial charge in [-0.1, -0.05) is 41.5 Å². The number of hydrogen-bond donors (Lipinski definition) is 1. The largest absolute Gasteiger partial charge is 1.00 e. The number of hydrogen-bond acceptors (Lipinski definition) is 4. The third kappa shape index (κ3) is 4.79. The van der Waals surface area contributed by atoms with Crippen LogP contribution in [-0.2, 0) is 7.05 Å². The standard InChI is InChI=1S/C17H25N5.ClH/c1-5-7-13-18-16-20-17(19-14(3)21(16)4)22(6-2)15-11-9-8-10-12-15;/h8-12H,5-7,13H2,1-4H3;1H. The number of aryl methyl sites for hydroxylation is 1. The van der Waals surface area contributed by atoms with E-state index in [-0.39, 0.29) is 12.4 Å². The number of para-hydroxylation sites is 1. The normalized spacial score (nSPS) is 10.1. The van der Waals surface area contributed by atoms with Crippen molar-refractivity contribution >= 4 is 17.6 Å². The number of halogens is 1. The van der Waals surface area contributed by atoms with Crippen molar-refractivity contribution in [2.24, 2.45) is 7.05 Å². The second-order valence-corrected chi connectivity index (χ2v) is 5.31. The van der Waals surface area contributed by atoms with Crippen molar-refractivity contribution in [3.05, 3.63) is 36.2 Å². The van der Waals surface area contributed by atoms with E-state index in [4.69, 9.17) is 4.98 Å². The maximum Gasteiger partial charge on any atom is 0.351 e. The van der Waals surface area contributed by atoms with Crippen molar-refractivity contribution in [1.82, 2.24) is 9.97 Å². The number of nitrogens with one attached hydrogen (secondary N) is 1. The molecule has 0 aliphatic rings. The smallest absolute Gasteiger partial charge is 0.351 e. The summed E-state index contributed by atoms with van der Waals surface area (Å²) in [7, 11) is 1.99. The van der Waals surface area contributed by atoms with Crippen LogP contribution in [0.1, 0.15) is 32.5 Å². The topological polar surface area (TPSA) is 44.9 Å². The van der Waals surface area contributed by atoms with Crippen molar-refractivity contribution in [2.75, 3.05) is 23.3 Å². The van der Waals surface area contributed by atoms with E-state index in [1.54, 1.807) is 0 Å². The highest BCUT2D eigenvalue weighted by Gasteiger charge is 2.20. The number of unbranched alkanes of at least 4 members (excludes halogenated alkanes) is 1. The van der Waals surface area contributed by atoms with Crippen LogP contribution in [0.3, 0.4) is 0 Å². The van der Waals surface area contributed by atoms with Crippen molar-refractivity contribution in [2.45, 2.75) is 33.6 Å². The first kappa shape index (κ1) is 19.2. The number of anilines is 3. The van der Waals surface area contributed by atoms with Gasteiger partial charge in [0, 0.05) is 19.2 Å². The molecule has 0 radical (unpaired) electrons. The molecule has 1 aromatic carbocycles. The molecule has 23 heavy (non-hydrogen) atoms. The lowest BCUT2D eigenvalue weighted by Crippen LogP contribution is -3.00. The lowest BCUT2D eigenvalue weighted by atomic mass is 10.3. The molecule has 0 saturated heterocycles. The van der Waals surface area contributed by atoms with Gasteiger partial charge in [-0.2, -0.15) is 0 Å². The average Bonchev–Trinajstić information content (AvgIpc) is 2.54. The molecule has 6 heteroatoms. The maximum atomic E-state index is 4.72. The first-order valence-electron chi connectivity index (χ1n) is 7.98. The quantitative estimate of drug-likeness (QED) is 0.571. The summed E-state index contributed by atoms with van der Waals surface area (Å²) in [4.78, 5) is 11.5. The monoisotopic (exact) mass is 335 g/mol. The van der Waals surface area contributed by atoms with Crippen molar-refractivity contribution < 1.29 is 17.0 Å². The van der Waals surface area contributed by atoms with Gasteiger partial charge in [0.1, 0.15) is 0 Å². The fourth-order valence-corrected chi connectivity index (χ4v) is 2.27. The van der Waals surface area contributed by atoms with Crippen LogP contribution in [0.15, 0.2) is 30.3 Å². The SMILES string of the molecule is CCCCNc1nc(N(CC)c2ccccc2)nc(C)[n+]1C.[Cl-]. The summed E-state index contributed by atoms with van der Waals surface area (Å²) in [6.45, 7) is 8.06. The van der Waals surface area contributed by atoms with E-state index >= 15 is 0 Å². The highest BCUT2D eigenvalue weighted by molar-refractivity contribution is 5.57. The molecule has 0 fully saturated rings. The predicted molar refractivity (Wildman–Crippen MR) is 90.5 cm³/mol. The van der Waals surface area contributed by atoms with Gasteiger partial charge in [-0.25, -0.2) is 4.57 Å². The molecular weight excluding hydrogens is 310 g/mol. The Morgan fingerprint density at radius 2 is 1.83 bits per heavy atom. The van der Waals surface area contributed by atoms with E-state index in [1.165, 1.54) is 6.42 Å². The summed E-state index contributed by atoms with van der Waals surface area (Å²) in [6.07, 6.45) is 2.30. The first-order chi connectivity index (χ1) is 10.7. The molecule has 0 aliphatic heterocycles. The molecule has 1 aromatic heterocycles. The minimum atomic E-state index is 0. The second-order valence-electron chi connectivity index (χ2n) is 5.31. The molecule has 5 nitrogen and oxygen atoms in total. The summed E-state index contributed by atoms with van der Waals surface area (Å²) in [5.74, 6) is 2.55. The molecule has 2 aromatic rings. The summed E-state index contributed by atoms with van der Waals surface area (Å²) in [6, 6.07) is 10.3. The van der Waals surface area contributed by atoms with Crippen LogP contribution < -0.4 is 27.2 Å². The van der Waals surface area contributed by atoms with Gasteiger partial charge in [0.2, 0.25) is 5.82 Å². The van der Waals surface area contributed by atoms with Crippen LogP contribution in [0.5, 0.6) is 0 Å². The summed E-state index contributed by atoms with van der Waals surface area (Å²) < 4.78 is 2.00. The van der Waals surface area contributed by atoms with Crippen molar-refractivity contribution in [3.63, 3.8) is 0 Å². The summed E-state index contributed by atoms with van der Waals surface area (Å²) >= 11 is 0. The van der Waals surface area contributed by atoms with Gasteiger partial charge in [-0.3, -0.25) is 10.2 Å². The fraction of sp³-hybridized carbons (Fsp3) is 0.471. The van der Waals surface area contributed by atoms with Gasteiger partial charge in [0.05, 0.1) is 13.6 Å². The molecule has 0 unspecified atom stereocenters. The lowest BCUT2D eigenvalue weighted by Gasteiger charge is -2.18. The highest BCUT2D eigenvalue weighted by atomic mass is 35.5. The number of aromatic nitrogens is 3. The minimum Gasteiger partial charge on any atom is -1.00 e. The van der Waals surface area contributed by atoms with Gasteiger partial charge in [0.15, 0.2) is 0 Å². The van der Waals surface area contributed by atoms with Gasteiger partial charge >= 0.3 is 11.9 Å². The van der Waals surface area contributed by atoms with Gasteiger partial charge in [-0.15, -0.1) is 0 Å². The van der Waals surface area contributed by atoms with Crippen LogP contribution in [0.25, 0.3) is 0 Å². The third-order valence-electron chi connectivity index (χ3n) is 3.71. The Labute approximate surface area is 145 Å². The van der Waals surface area contributed by atoms with Gasteiger partial charge < -0.3 is 12.4 Å².